The number of esters is 1. The zero-order valence-electron chi connectivity index (χ0n) is 25.0. The van der Waals surface area contributed by atoms with Crippen LogP contribution in [0.5, 0.6) is 0 Å². The van der Waals surface area contributed by atoms with E-state index < -0.39 is 22.9 Å². The molecule has 1 atom stereocenters. The lowest BCUT2D eigenvalue weighted by Gasteiger charge is -2.30. The molecule has 228 valence electrons. The van der Waals surface area contributed by atoms with E-state index >= 15 is 0 Å². The lowest BCUT2D eigenvalue weighted by Crippen LogP contribution is -2.39. The number of thioether (sulfide) groups is 1. The molecule has 2 amide bonds. The van der Waals surface area contributed by atoms with Crippen LogP contribution in [0.4, 0.5) is 21.2 Å². The first kappa shape index (κ1) is 32.3. The SMILES string of the molecule is COC(=O)c1c(NC(=O)C(C)Sc2cccc(NC(=S)Nc3ccc(C)cc3)c2)sc2c1CCN(C(=O)OC(C)(C)C)C2. The number of ether oxygens (including phenoxy) is 2. The summed E-state index contributed by atoms with van der Waals surface area (Å²) in [5, 5.41) is 9.69. The molecular formula is C31H36N4O5S3. The number of anilines is 3. The average molecular weight is 641 g/mol. The predicted octanol–water partition coefficient (Wildman–Crippen LogP) is 7.06. The lowest BCUT2D eigenvalue weighted by atomic mass is 10.0. The summed E-state index contributed by atoms with van der Waals surface area (Å²) in [6.45, 7) is 9.98. The van der Waals surface area contributed by atoms with Crippen LogP contribution in [-0.4, -0.2) is 52.5 Å². The van der Waals surface area contributed by atoms with Crippen LogP contribution >= 0.6 is 35.3 Å². The van der Waals surface area contributed by atoms with Crippen molar-refractivity contribution in [3.8, 4) is 0 Å². The summed E-state index contributed by atoms with van der Waals surface area (Å²) in [5.74, 6) is -0.777. The van der Waals surface area contributed by atoms with Gasteiger partial charge in [-0.25, -0.2) is 9.59 Å². The molecule has 43 heavy (non-hydrogen) atoms. The molecule has 12 heteroatoms. The van der Waals surface area contributed by atoms with E-state index in [2.05, 4.69) is 16.0 Å². The molecule has 0 bridgehead atoms. The first-order valence-electron chi connectivity index (χ1n) is 13.8. The van der Waals surface area contributed by atoms with Crippen LogP contribution in [0.15, 0.2) is 53.4 Å². The number of carbonyl (C=O) groups excluding carboxylic acids is 3. The number of rotatable bonds is 7. The molecule has 1 aromatic heterocycles. The highest BCUT2D eigenvalue weighted by molar-refractivity contribution is 8.00. The van der Waals surface area contributed by atoms with Crippen molar-refractivity contribution in [1.82, 2.24) is 4.90 Å². The molecule has 1 aliphatic rings. The van der Waals surface area contributed by atoms with Crippen LogP contribution in [0.1, 0.15) is 54.1 Å². The van der Waals surface area contributed by atoms with Crippen molar-refractivity contribution < 1.29 is 23.9 Å². The molecule has 3 N–H and O–H groups in total. The van der Waals surface area contributed by atoms with Gasteiger partial charge < -0.3 is 30.3 Å². The molecule has 1 aliphatic heterocycles. The Bertz CT molecular complexity index is 1510. The van der Waals surface area contributed by atoms with Gasteiger partial charge in [0.2, 0.25) is 5.91 Å². The van der Waals surface area contributed by atoms with Crippen LogP contribution in [0.2, 0.25) is 0 Å². The Morgan fingerprint density at radius 3 is 2.42 bits per heavy atom. The van der Waals surface area contributed by atoms with Gasteiger partial charge in [-0.2, -0.15) is 0 Å². The molecular weight excluding hydrogens is 605 g/mol. The number of amides is 2. The fourth-order valence-electron chi connectivity index (χ4n) is 4.34. The van der Waals surface area contributed by atoms with Gasteiger partial charge in [-0.3, -0.25) is 4.79 Å². The third kappa shape index (κ3) is 8.71. The van der Waals surface area contributed by atoms with Gasteiger partial charge in [0.15, 0.2) is 5.11 Å². The van der Waals surface area contributed by atoms with Gasteiger partial charge in [-0.1, -0.05) is 23.8 Å². The van der Waals surface area contributed by atoms with Gasteiger partial charge in [0.05, 0.1) is 24.5 Å². The Morgan fingerprint density at radius 2 is 1.74 bits per heavy atom. The maximum Gasteiger partial charge on any atom is 0.410 e. The minimum Gasteiger partial charge on any atom is -0.465 e. The third-order valence-electron chi connectivity index (χ3n) is 6.42. The molecule has 0 spiro atoms. The van der Waals surface area contributed by atoms with Gasteiger partial charge >= 0.3 is 12.1 Å². The van der Waals surface area contributed by atoms with E-state index in [1.807, 2.05) is 76.2 Å². The number of fused-ring (bicyclic) bond motifs is 1. The first-order valence-corrected chi connectivity index (χ1v) is 15.9. The number of aryl methyl sites for hydroxylation is 1. The lowest BCUT2D eigenvalue weighted by molar-refractivity contribution is -0.115. The van der Waals surface area contributed by atoms with Crippen LogP contribution in [-0.2, 0) is 27.2 Å². The normalized spacial score (nSPS) is 13.4. The van der Waals surface area contributed by atoms with E-state index in [0.29, 0.717) is 35.2 Å². The minimum absolute atomic E-state index is 0.257. The number of nitrogens with one attached hydrogen (secondary N) is 3. The molecule has 0 aliphatic carbocycles. The second-order valence-electron chi connectivity index (χ2n) is 11.1. The minimum atomic E-state index is -0.614. The number of thiophene rings is 1. The Balaban J connectivity index is 1.41. The second kappa shape index (κ2) is 13.8. The number of benzene rings is 2. The van der Waals surface area contributed by atoms with Crippen LogP contribution in [0.3, 0.4) is 0 Å². The summed E-state index contributed by atoms with van der Waals surface area (Å²) < 4.78 is 10.6. The molecule has 2 aromatic carbocycles. The number of hydrogen-bond donors (Lipinski definition) is 3. The highest BCUT2D eigenvalue weighted by atomic mass is 32.2. The monoisotopic (exact) mass is 640 g/mol. The fourth-order valence-corrected chi connectivity index (χ4v) is 6.76. The molecule has 0 fully saturated rings. The van der Waals surface area contributed by atoms with Crippen molar-refractivity contribution in [1.29, 1.82) is 0 Å². The van der Waals surface area contributed by atoms with Crippen molar-refractivity contribution in [3.05, 3.63) is 70.1 Å². The number of hydrogen-bond acceptors (Lipinski definition) is 8. The van der Waals surface area contributed by atoms with Gasteiger partial charge in [-0.15, -0.1) is 23.1 Å². The van der Waals surface area contributed by atoms with Crippen molar-refractivity contribution in [3.63, 3.8) is 0 Å². The van der Waals surface area contributed by atoms with Gasteiger partial charge in [0.1, 0.15) is 10.6 Å². The quantitative estimate of drug-likeness (QED) is 0.142. The summed E-state index contributed by atoms with van der Waals surface area (Å²) in [7, 11) is 1.31. The molecule has 0 saturated heterocycles. The van der Waals surface area contributed by atoms with Crippen molar-refractivity contribution in [2.45, 2.75) is 63.3 Å². The van der Waals surface area contributed by atoms with Crippen LogP contribution in [0, 0.1) is 6.92 Å². The van der Waals surface area contributed by atoms with Gasteiger partial charge in [0, 0.05) is 27.7 Å². The molecule has 0 saturated carbocycles. The fraction of sp³-hybridized carbons (Fsp3) is 0.355. The highest BCUT2D eigenvalue weighted by Gasteiger charge is 2.33. The van der Waals surface area contributed by atoms with E-state index in [0.717, 1.165) is 32.3 Å². The van der Waals surface area contributed by atoms with Crippen LogP contribution < -0.4 is 16.0 Å². The Hall–Kier alpha value is -3.61. The highest BCUT2D eigenvalue weighted by Crippen LogP contribution is 2.38. The zero-order chi connectivity index (χ0) is 31.3. The maximum absolute atomic E-state index is 13.3. The maximum atomic E-state index is 13.3. The molecule has 4 rings (SSSR count). The Labute approximate surface area is 265 Å². The zero-order valence-corrected chi connectivity index (χ0v) is 27.5. The van der Waals surface area contributed by atoms with Gasteiger partial charge in [0.25, 0.3) is 0 Å². The van der Waals surface area contributed by atoms with E-state index in [1.54, 1.807) is 11.8 Å². The summed E-state index contributed by atoms with van der Waals surface area (Å²) in [5.41, 5.74) is 3.36. The number of carbonyl (C=O) groups is 3. The molecule has 2 heterocycles. The topological polar surface area (TPSA) is 109 Å². The number of thiocarbonyl (C=S) groups is 1. The number of methoxy groups -OCH3 is 1. The summed E-state index contributed by atoms with van der Waals surface area (Å²) in [6.07, 6.45) is 0.0426. The van der Waals surface area contributed by atoms with Crippen molar-refractivity contribution in [2.75, 3.05) is 29.6 Å². The number of nitrogens with zero attached hydrogens (tertiary/aromatic N) is 1. The average Bonchev–Trinajstić information content (AvgIpc) is 3.30. The largest absolute Gasteiger partial charge is 0.465 e. The first-order chi connectivity index (χ1) is 20.3. The predicted molar refractivity (Wildman–Crippen MR) is 177 cm³/mol. The van der Waals surface area contributed by atoms with Crippen LogP contribution in [0.25, 0.3) is 0 Å². The van der Waals surface area contributed by atoms with E-state index in [1.165, 1.54) is 30.2 Å². The summed E-state index contributed by atoms with van der Waals surface area (Å²) in [6, 6.07) is 15.6. The third-order valence-corrected chi connectivity index (χ3v) is 8.85. The van der Waals surface area contributed by atoms with E-state index in [9.17, 15) is 14.4 Å². The van der Waals surface area contributed by atoms with E-state index in [-0.39, 0.29) is 5.91 Å². The van der Waals surface area contributed by atoms with Gasteiger partial charge in [-0.05, 0) is 89.2 Å². The van der Waals surface area contributed by atoms with E-state index in [4.69, 9.17) is 21.7 Å². The molecule has 1 unspecified atom stereocenters. The molecule has 9 nitrogen and oxygen atoms in total. The molecule has 3 aromatic rings. The van der Waals surface area contributed by atoms with Crippen molar-refractivity contribution >= 4 is 74.8 Å². The standard InChI is InChI=1S/C31H36N4O5S3/c1-18-10-12-20(13-11-18)32-29(41)33-21-8-7-9-22(16-21)42-19(2)26(36)34-27-25(28(37)39-6)23-14-15-35(17-24(23)43-27)30(38)40-31(3,4)5/h7-13,16,19H,14-15,17H2,1-6H3,(H,34,36)(H2,32,33,41). The van der Waals surface area contributed by atoms with Crippen molar-refractivity contribution in [2.24, 2.45) is 0 Å². The smallest absolute Gasteiger partial charge is 0.410 e. The Kier molecular flexibility index (Phi) is 10.4. The Morgan fingerprint density at radius 1 is 1.05 bits per heavy atom. The summed E-state index contributed by atoms with van der Waals surface area (Å²) in [4.78, 5) is 42.0. The second-order valence-corrected chi connectivity index (χ2v) is 14.0. The molecule has 0 radical (unpaired) electrons. The summed E-state index contributed by atoms with van der Waals surface area (Å²) >= 11 is 8.13.